The van der Waals surface area contributed by atoms with Crippen LogP contribution in [0.4, 0.5) is 16.4 Å². The number of nitrogens with zero attached hydrogens (tertiary/aromatic N) is 3. The van der Waals surface area contributed by atoms with Crippen LogP contribution in [0.15, 0.2) is 18.2 Å². The van der Waals surface area contributed by atoms with Crippen LogP contribution in [-0.4, -0.2) is 29.0 Å². The van der Waals surface area contributed by atoms with Gasteiger partial charge in [-0.2, -0.15) is 5.26 Å². The fourth-order valence-corrected chi connectivity index (χ4v) is 4.47. The van der Waals surface area contributed by atoms with E-state index in [1.54, 1.807) is 12.1 Å². The maximum Gasteiger partial charge on any atom is 0.293 e. The Balaban J connectivity index is 1.76. The first kappa shape index (κ1) is 20.7. The average molecular weight is 430 g/mol. The van der Waals surface area contributed by atoms with Crippen molar-refractivity contribution >= 4 is 51.0 Å². The highest BCUT2D eigenvalue weighted by Crippen LogP contribution is 2.32. The molecule has 150 valence electrons. The molecule has 1 aromatic carbocycles. The number of benzene rings is 1. The minimum Gasteiger partial charge on any atom is -0.366 e. The van der Waals surface area contributed by atoms with Crippen molar-refractivity contribution in [3.63, 3.8) is 0 Å². The monoisotopic (exact) mass is 429 g/mol. The van der Waals surface area contributed by atoms with Gasteiger partial charge in [0.2, 0.25) is 0 Å². The molecule has 2 N–H and O–H groups in total. The van der Waals surface area contributed by atoms with Gasteiger partial charge in [-0.05, 0) is 56.6 Å². The van der Waals surface area contributed by atoms with Crippen molar-refractivity contribution in [1.29, 1.82) is 5.26 Å². The molecule has 1 saturated heterocycles. The van der Waals surface area contributed by atoms with Gasteiger partial charge in [0.25, 0.3) is 11.6 Å². The quantitative estimate of drug-likeness (QED) is 0.431. The first-order valence-electron chi connectivity index (χ1n) is 8.97. The third-order valence-corrected chi connectivity index (χ3v) is 6.16. The molecule has 2 aromatic rings. The van der Waals surface area contributed by atoms with Gasteiger partial charge in [-0.3, -0.25) is 20.2 Å². The molecular formula is C19H19N5O3S2. The summed E-state index contributed by atoms with van der Waals surface area (Å²) in [5.41, 5.74) is 1.91. The zero-order valence-corrected chi connectivity index (χ0v) is 17.6. The van der Waals surface area contributed by atoms with Crippen LogP contribution in [0.1, 0.15) is 39.2 Å². The zero-order chi connectivity index (χ0) is 21.1. The standard InChI is InChI=1S/C19H19N5O3S2/c1-11-12(2)29-18(14(11)10-20)22-19(28)21-17(25)13-5-6-15(16(9-13)24(26)27)23-7-3-4-8-23/h5-6,9H,3-4,7-8H2,1-2H3,(H2,21,22,25,28). The largest absolute Gasteiger partial charge is 0.366 e. The topological polar surface area (TPSA) is 111 Å². The summed E-state index contributed by atoms with van der Waals surface area (Å²) >= 11 is 6.55. The molecule has 0 atom stereocenters. The Morgan fingerprint density at radius 2 is 2.03 bits per heavy atom. The zero-order valence-electron chi connectivity index (χ0n) is 15.9. The average Bonchev–Trinajstić information content (AvgIpc) is 3.30. The van der Waals surface area contributed by atoms with Crippen LogP contribution in [0.2, 0.25) is 0 Å². The number of carbonyl (C=O) groups is 1. The second-order valence-electron chi connectivity index (χ2n) is 6.66. The molecule has 0 unspecified atom stereocenters. The van der Waals surface area contributed by atoms with Crippen LogP contribution in [-0.2, 0) is 0 Å². The minimum absolute atomic E-state index is 0.0269. The van der Waals surface area contributed by atoms with E-state index in [4.69, 9.17) is 12.2 Å². The molecular weight excluding hydrogens is 410 g/mol. The number of aryl methyl sites for hydroxylation is 1. The van der Waals surface area contributed by atoms with E-state index in [1.165, 1.54) is 17.4 Å². The first-order chi connectivity index (χ1) is 13.8. The number of rotatable bonds is 4. The van der Waals surface area contributed by atoms with Crippen LogP contribution < -0.4 is 15.5 Å². The molecule has 3 rings (SSSR count). The van der Waals surface area contributed by atoms with Crippen molar-refractivity contribution < 1.29 is 9.72 Å². The number of thiophene rings is 1. The summed E-state index contributed by atoms with van der Waals surface area (Å²) in [5.74, 6) is -0.554. The van der Waals surface area contributed by atoms with Gasteiger partial charge in [0.1, 0.15) is 16.8 Å². The van der Waals surface area contributed by atoms with Gasteiger partial charge < -0.3 is 10.2 Å². The van der Waals surface area contributed by atoms with E-state index in [0.29, 0.717) is 16.3 Å². The second kappa shape index (κ2) is 8.55. The number of thiocarbonyl (C=S) groups is 1. The van der Waals surface area contributed by atoms with E-state index < -0.39 is 10.8 Å². The molecule has 0 aliphatic carbocycles. The van der Waals surface area contributed by atoms with Crippen molar-refractivity contribution in [3.8, 4) is 6.07 Å². The summed E-state index contributed by atoms with van der Waals surface area (Å²) in [5, 5.41) is 26.8. The maximum absolute atomic E-state index is 12.5. The van der Waals surface area contributed by atoms with Gasteiger partial charge >= 0.3 is 0 Å². The van der Waals surface area contributed by atoms with Gasteiger partial charge in [0.05, 0.1) is 10.5 Å². The predicted molar refractivity (Wildman–Crippen MR) is 117 cm³/mol. The maximum atomic E-state index is 12.5. The number of hydrogen-bond acceptors (Lipinski definition) is 7. The molecule has 8 nitrogen and oxygen atoms in total. The Morgan fingerprint density at radius 1 is 1.34 bits per heavy atom. The van der Waals surface area contributed by atoms with Crippen LogP contribution in [0.25, 0.3) is 0 Å². The molecule has 1 aromatic heterocycles. The van der Waals surface area contributed by atoms with E-state index in [1.807, 2.05) is 18.7 Å². The predicted octanol–water partition coefficient (Wildman–Crippen LogP) is 3.87. The Labute approximate surface area is 177 Å². The molecule has 0 spiro atoms. The van der Waals surface area contributed by atoms with Crippen LogP contribution in [0.5, 0.6) is 0 Å². The van der Waals surface area contributed by atoms with Crippen molar-refractivity contribution in [2.24, 2.45) is 0 Å². The summed E-state index contributed by atoms with van der Waals surface area (Å²) in [7, 11) is 0. The number of carbonyl (C=O) groups excluding carboxylic acids is 1. The van der Waals surface area contributed by atoms with Gasteiger partial charge in [0.15, 0.2) is 5.11 Å². The number of amides is 1. The Bertz CT molecular complexity index is 1040. The van der Waals surface area contributed by atoms with Crippen LogP contribution in [0, 0.1) is 35.3 Å². The summed E-state index contributed by atoms with van der Waals surface area (Å²) in [6.45, 7) is 5.27. The SMILES string of the molecule is Cc1sc(NC(=S)NC(=O)c2ccc(N3CCCC3)c([N+](=O)[O-])c2)c(C#N)c1C. The summed E-state index contributed by atoms with van der Waals surface area (Å²) in [6, 6.07) is 6.55. The van der Waals surface area contributed by atoms with Gasteiger partial charge in [-0.1, -0.05) is 0 Å². The van der Waals surface area contributed by atoms with Crippen LogP contribution in [0.3, 0.4) is 0 Å². The summed E-state index contributed by atoms with van der Waals surface area (Å²) < 4.78 is 0. The highest BCUT2D eigenvalue weighted by molar-refractivity contribution is 7.80. The Kier molecular flexibility index (Phi) is 6.10. The number of anilines is 2. The van der Waals surface area contributed by atoms with Gasteiger partial charge in [-0.25, -0.2) is 0 Å². The van der Waals surface area contributed by atoms with E-state index in [-0.39, 0.29) is 16.4 Å². The van der Waals surface area contributed by atoms with Crippen molar-refractivity contribution in [1.82, 2.24) is 5.32 Å². The fourth-order valence-electron chi connectivity index (χ4n) is 3.20. The van der Waals surface area contributed by atoms with E-state index in [2.05, 4.69) is 16.7 Å². The lowest BCUT2D eigenvalue weighted by atomic mass is 10.1. The molecule has 0 saturated carbocycles. The molecule has 0 bridgehead atoms. The smallest absolute Gasteiger partial charge is 0.293 e. The molecule has 10 heteroatoms. The summed E-state index contributed by atoms with van der Waals surface area (Å²) in [6.07, 6.45) is 1.98. The fraction of sp³-hybridized carbons (Fsp3) is 0.316. The first-order valence-corrected chi connectivity index (χ1v) is 10.2. The third-order valence-electron chi connectivity index (χ3n) is 4.83. The summed E-state index contributed by atoms with van der Waals surface area (Å²) in [4.78, 5) is 26.5. The molecule has 2 heterocycles. The Morgan fingerprint density at radius 3 is 2.66 bits per heavy atom. The number of nitro groups is 1. The van der Waals surface area contributed by atoms with Gasteiger partial charge in [0, 0.05) is 29.6 Å². The minimum atomic E-state index is -0.554. The highest BCUT2D eigenvalue weighted by atomic mass is 32.1. The van der Waals surface area contributed by atoms with E-state index in [0.717, 1.165) is 36.4 Å². The Hall–Kier alpha value is -3.03. The van der Waals surface area contributed by atoms with E-state index >= 15 is 0 Å². The lowest BCUT2D eigenvalue weighted by molar-refractivity contribution is -0.384. The lowest BCUT2D eigenvalue weighted by Gasteiger charge is -2.18. The third kappa shape index (κ3) is 4.36. The van der Waals surface area contributed by atoms with Gasteiger partial charge in [-0.15, -0.1) is 11.3 Å². The molecule has 1 fully saturated rings. The highest BCUT2D eigenvalue weighted by Gasteiger charge is 2.24. The molecule has 29 heavy (non-hydrogen) atoms. The molecule has 1 aliphatic rings. The molecule has 1 amide bonds. The number of nitrogens with one attached hydrogen (secondary N) is 2. The molecule has 0 radical (unpaired) electrons. The van der Waals surface area contributed by atoms with Crippen molar-refractivity contribution in [2.45, 2.75) is 26.7 Å². The van der Waals surface area contributed by atoms with Crippen LogP contribution >= 0.6 is 23.6 Å². The van der Waals surface area contributed by atoms with E-state index in [9.17, 15) is 20.2 Å². The van der Waals surface area contributed by atoms with Crippen molar-refractivity contribution in [3.05, 3.63) is 49.9 Å². The lowest BCUT2D eigenvalue weighted by Crippen LogP contribution is -2.34. The molecule has 1 aliphatic heterocycles. The number of hydrogen-bond donors (Lipinski definition) is 2. The second-order valence-corrected chi connectivity index (χ2v) is 8.30. The van der Waals surface area contributed by atoms with Crippen molar-refractivity contribution in [2.75, 3.05) is 23.3 Å². The number of nitriles is 1. The normalized spacial score (nSPS) is 13.1. The number of nitro benzene ring substituents is 1.